The van der Waals surface area contributed by atoms with E-state index in [1.54, 1.807) is 12.4 Å². The third kappa shape index (κ3) is 5.21. The van der Waals surface area contributed by atoms with Crippen LogP contribution in [0.25, 0.3) is 0 Å². The van der Waals surface area contributed by atoms with Crippen molar-refractivity contribution in [2.75, 3.05) is 6.54 Å². The molecule has 1 unspecified atom stereocenters. The van der Waals surface area contributed by atoms with Crippen LogP contribution < -0.4 is 5.32 Å². The largest absolute Gasteiger partial charge is 0.347 e. The van der Waals surface area contributed by atoms with Crippen molar-refractivity contribution in [1.29, 1.82) is 0 Å². The fraction of sp³-hybridized carbons (Fsp3) is 0.192. The van der Waals surface area contributed by atoms with Gasteiger partial charge in [0.25, 0.3) is 5.91 Å². The summed E-state index contributed by atoms with van der Waals surface area (Å²) in [5, 5.41) is 2.91. The lowest BCUT2D eigenvalue weighted by Gasteiger charge is -2.21. The van der Waals surface area contributed by atoms with E-state index in [9.17, 15) is 4.79 Å². The van der Waals surface area contributed by atoms with Gasteiger partial charge in [-0.25, -0.2) is 0 Å². The molecule has 2 aromatic carbocycles. The zero-order chi connectivity index (χ0) is 21.4. The van der Waals surface area contributed by atoms with Crippen LogP contribution in [0.1, 0.15) is 47.8 Å². The molecular weight excluding hydrogens is 370 g/mol. The maximum Gasteiger partial charge on any atom is 0.251 e. The number of nitrogens with zero attached hydrogens (tertiary/aromatic N) is 2. The minimum absolute atomic E-state index is 0.157. The number of hydrogen-bond donors (Lipinski definition) is 1. The van der Waals surface area contributed by atoms with Gasteiger partial charge in [0.1, 0.15) is 5.54 Å². The van der Waals surface area contributed by atoms with E-state index in [2.05, 4.69) is 27.1 Å². The highest BCUT2D eigenvalue weighted by Gasteiger charge is 2.27. The molecule has 0 saturated heterocycles. The lowest BCUT2D eigenvalue weighted by Crippen LogP contribution is -2.28. The van der Waals surface area contributed by atoms with Crippen molar-refractivity contribution >= 4 is 17.8 Å². The molecule has 0 saturated carbocycles. The molecule has 1 aliphatic rings. The Balaban J connectivity index is 1.92. The van der Waals surface area contributed by atoms with Gasteiger partial charge in [0.2, 0.25) is 0 Å². The van der Waals surface area contributed by atoms with E-state index in [1.165, 1.54) is 0 Å². The second-order valence-electron chi connectivity index (χ2n) is 7.19. The lowest BCUT2D eigenvalue weighted by atomic mass is 9.88. The molecule has 0 radical (unpaired) electrons. The molecule has 0 aliphatic carbocycles. The first kappa shape index (κ1) is 21.0. The first-order valence-corrected chi connectivity index (χ1v) is 9.89. The highest BCUT2D eigenvalue weighted by atomic mass is 16.1. The third-order valence-corrected chi connectivity index (χ3v) is 4.74. The molecule has 1 N–H and O–H groups in total. The number of carbonyl (C=O) groups excluding carboxylic acids is 1. The summed E-state index contributed by atoms with van der Waals surface area (Å²) in [6.07, 6.45) is 9.33. The summed E-state index contributed by atoms with van der Waals surface area (Å²) in [6, 6.07) is 15.4. The number of amides is 1. The average Bonchev–Trinajstić information content (AvgIpc) is 3.22. The minimum Gasteiger partial charge on any atom is -0.347 e. The van der Waals surface area contributed by atoms with Gasteiger partial charge in [-0.2, -0.15) is 0 Å². The molecular formula is C26H25N3O. The zero-order valence-corrected chi connectivity index (χ0v) is 17.5. The standard InChI is InChI=1S/C26H25N3O/c1-4-16-27-20(2)19-28-25(30)23-13-14-24(26(3)15-8-17-29-26)22(18-23)12-11-21-9-6-5-7-10-21/h4-10,13-18H,19H2,1-3H3,(H,28,30)/b16-4-,27-20+. The van der Waals surface area contributed by atoms with Crippen molar-refractivity contribution in [3.05, 3.63) is 95.2 Å². The molecule has 1 atom stereocenters. The second kappa shape index (κ2) is 9.67. The van der Waals surface area contributed by atoms with Gasteiger partial charge in [-0.05, 0) is 56.7 Å². The molecule has 1 heterocycles. The van der Waals surface area contributed by atoms with Gasteiger partial charge in [-0.3, -0.25) is 14.8 Å². The van der Waals surface area contributed by atoms with Crippen molar-refractivity contribution in [2.45, 2.75) is 26.3 Å². The van der Waals surface area contributed by atoms with Crippen LogP contribution in [0.3, 0.4) is 0 Å². The fourth-order valence-electron chi connectivity index (χ4n) is 3.08. The van der Waals surface area contributed by atoms with Gasteiger partial charge in [0.05, 0.1) is 6.54 Å². The van der Waals surface area contributed by atoms with Crippen molar-refractivity contribution in [3.63, 3.8) is 0 Å². The summed E-state index contributed by atoms with van der Waals surface area (Å²) in [4.78, 5) is 21.5. The predicted molar refractivity (Wildman–Crippen MR) is 124 cm³/mol. The Labute approximate surface area is 178 Å². The van der Waals surface area contributed by atoms with E-state index in [0.717, 1.165) is 22.4 Å². The van der Waals surface area contributed by atoms with Crippen LogP contribution in [-0.4, -0.2) is 24.4 Å². The number of allylic oxidation sites excluding steroid dienone is 2. The van der Waals surface area contributed by atoms with Crippen molar-refractivity contribution in [1.82, 2.24) is 5.32 Å². The number of nitrogens with one attached hydrogen (secondary N) is 1. The van der Waals surface area contributed by atoms with Crippen molar-refractivity contribution < 1.29 is 4.79 Å². The number of carbonyl (C=O) groups is 1. The Kier molecular flexibility index (Phi) is 6.77. The first-order chi connectivity index (χ1) is 14.5. The number of aliphatic imine (C=N–C) groups is 2. The van der Waals surface area contributed by atoms with E-state index in [1.807, 2.05) is 87.5 Å². The molecule has 1 amide bonds. The summed E-state index contributed by atoms with van der Waals surface area (Å²) in [7, 11) is 0. The van der Waals surface area contributed by atoms with Crippen LogP contribution >= 0.6 is 0 Å². The first-order valence-electron chi connectivity index (χ1n) is 9.89. The van der Waals surface area contributed by atoms with Gasteiger partial charge in [0, 0.05) is 34.8 Å². The number of rotatable bonds is 5. The van der Waals surface area contributed by atoms with Crippen molar-refractivity contribution in [2.24, 2.45) is 9.98 Å². The topological polar surface area (TPSA) is 53.8 Å². The molecule has 0 spiro atoms. The van der Waals surface area contributed by atoms with Gasteiger partial charge >= 0.3 is 0 Å². The van der Waals surface area contributed by atoms with Crippen LogP contribution in [-0.2, 0) is 5.54 Å². The van der Waals surface area contributed by atoms with E-state index >= 15 is 0 Å². The molecule has 1 aliphatic heterocycles. The summed E-state index contributed by atoms with van der Waals surface area (Å²) in [5.41, 5.74) is 3.59. The number of hydrogen-bond acceptors (Lipinski definition) is 3. The Morgan fingerprint density at radius 3 is 2.70 bits per heavy atom. The summed E-state index contributed by atoms with van der Waals surface area (Å²) in [6.45, 7) is 6.21. The maximum absolute atomic E-state index is 12.7. The van der Waals surface area contributed by atoms with Crippen LogP contribution in [0.15, 0.2) is 82.9 Å². The fourth-order valence-corrected chi connectivity index (χ4v) is 3.08. The molecule has 4 nitrogen and oxygen atoms in total. The molecule has 150 valence electrons. The summed E-state index contributed by atoms with van der Waals surface area (Å²) < 4.78 is 0. The van der Waals surface area contributed by atoms with Gasteiger partial charge in [0.15, 0.2) is 0 Å². The normalized spacial score (nSPS) is 17.8. The highest BCUT2D eigenvalue weighted by Crippen LogP contribution is 2.32. The summed E-state index contributed by atoms with van der Waals surface area (Å²) in [5.74, 6) is 6.29. The van der Waals surface area contributed by atoms with E-state index in [4.69, 9.17) is 0 Å². The monoisotopic (exact) mass is 395 g/mol. The Morgan fingerprint density at radius 1 is 1.20 bits per heavy atom. The quantitative estimate of drug-likeness (QED) is 0.581. The van der Waals surface area contributed by atoms with Crippen LogP contribution in [0, 0.1) is 11.8 Å². The third-order valence-electron chi connectivity index (χ3n) is 4.74. The van der Waals surface area contributed by atoms with Gasteiger partial charge in [-0.1, -0.05) is 48.3 Å². The highest BCUT2D eigenvalue weighted by molar-refractivity contribution is 5.97. The van der Waals surface area contributed by atoms with E-state index in [-0.39, 0.29) is 5.91 Å². The Morgan fingerprint density at radius 2 is 2.00 bits per heavy atom. The maximum atomic E-state index is 12.7. The second-order valence-corrected chi connectivity index (χ2v) is 7.19. The van der Waals surface area contributed by atoms with Crippen LogP contribution in [0.5, 0.6) is 0 Å². The van der Waals surface area contributed by atoms with E-state index in [0.29, 0.717) is 12.1 Å². The van der Waals surface area contributed by atoms with Gasteiger partial charge < -0.3 is 5.32 Å². The van der Waals surface area contributed by atoms with Crippen molar-refractivity contribution in [3.8, 4) is 11.8 Å². The minimum atomic E-state index is -0.481. The number of benzene rings is 2. The smallest absolute Gasteiger partial charge is 0.251 e. The predicted octanol–water partition coefficient (Wildman–Crippen LogP) is 4.67. The zero-order valence-electron chi connectivity index (χ0n) is 17.5. The molecule has 0 aromatic heterocycles. The molecule has 2 aromatic rings. The van der Waals surface area contributed by atoms with Crippen LogP contribution in [0.4, 0.5) is 0 Å². The van der Waals surface area contributed by atoms with Gasteiger partial charge in [-0.15, -0.1) is 0 Å². The Bertz CT molecular complexity index is 1080. The average molecular weight is 396 g/mol. The molecule has 3 rings (SSSR count). The molecule has 0 fully saturated rings. The molecule has 4 heteroatoms. The molecule has 0 bridgehead atoms. The van der Waals surface area contributed by atoms with E-state index < -0.39 is 5.54 Å². The molecule has 30 heavy (non-hydrogen) atoms. The summed E-state index contributed by atoms with van der Waals surface area (Å²) >= 11 is 0. The van der Waals surface area contributed by atoms with Crippen LogP contribution in [0.2, 0.25) is 0 Å². The Hall–Kier alpha value is -3.71. The SMILES string of the molecule is C/C=C\N=C(/C)CNC(=O)c1ccc(C2(C)C=CC=N2)c(C#Cc2ccccc2)c1. The lowest BCUT2D eigenvalue weighted by molar-refractivity contribution is 0.0959.